The summed E-state index contributed by atoms with van der Waals surface area (Å²) in [5.41, 5.74) is -0.790. The molecule has 1 spiro atoms. The van der Waals surface area contributed by atoms with Gasteiger partial charge >= 0.3 is 6.03 Å². The largest absolute Gasteiger partial charge is 0.342 e. The summed E-state index contributed by atoms with van der Waals surface area (Å²) in [6, 6.07) is -0.426. The molecule has 104 valence electrons. The Morgan fingerprint density at radius 1 is 1.26 bits per heavy atom. The minimum atomic E-state index is -0.790. The van der Waals surface area contributed by atoms with E-state index in [9.17, 15) is 14.4 Å². The molecule has 3 N–H and O–H groups in total. The topological polar surface area (TPSA) is 90.5 Å². The van der Waals surface area contributed by atoms with Crippen LogP contribution in [0.5, 0.6) is 0 Å². The Kier molecular flexibility index (Phi) is 2.93. The van der Waals surface area contributed by atoms with Crippen LogP contribution in [0.2, 0.25) is 0 Å². The third kappa shape index (κ3) is 2.07. The Bertz CT molecular complexity index is 423. The van der Waals surface area contributed by atoms with Gasteiger partial charge in [-0.3, -0.25) is 14.9 Å². The summed E-state index contributed by atoms with van der Waals surface area (Å²) in [4.78, 5) is 37.1. The number of imide groups is 1. The first-order chi connectivity index (χ1) is 9.11. The first-order valence-corrected chi connectivity index (χ1v) is 6.74. The number of nitrogens with zero attached hydrogens (tertiary/aromatic N) is 1. The maximum absolute atomic E-state index is 12.2. The highest BCUT2D eigenvalue weighted by molar-refractivity contribution is 6.07. The molecule has 3 fully saturated rings. The molecule has 3 heterocycles. The monoisotopic (exact) mass is 266 g/mol. The van der Waals surface area contributed by atoms with Crippen molar-refractivity contribution in [2.24, 2.45) is 5.92 Å². The smallest absolute Gasteiger partial charge is 0.322 e. The predicted octanol–water partition coefficient (Wildman–Crippen LogP) is -1.20. The number of amides is 4. The molecule has 0 bridgehead atoms. The molecular weight excluding hydrogens is 248 g/mol. The first-order valence-electron chi connectivity index (χ1n) is 6.74. The molecule has 0 aromatic carbocycles. The fraction of sp³-hybridized carbons (Fsp3) is 0.750. The second kappa shape index (κ2) is 4.48. The number of hydrogen-bond acceptors (Lipinski definition) is 4. The normalized spacial score (nSPS) is 29.5. The van der Waals surface area contributed by atoms with Crippen molar-refractivity contribution in [2.75, 3.05) is 26.2 Å². The molecule has 3 rings (SSSR count). The van der Waals surface area contributed by atoms with E-state index < -0.39 is 11.6 Å². The van der Waals surface area contributed by atoms with Crippen molar-refractivity contribution in [3.05, 3.63) is 0 Å². The summed E-state index contributed by atoms with van der Waals surface area (Å²) >= 11 is 0. The minimum absolute atomic E-state index is 0.0704. The summed E-state index contributed by atoms with van der Waals surface area (Å²) < 4.78 is 0. The molecule has 0 aliphatic carbocycles. The van der Waals surface area contributed by atoms with Crippen LogP contribution in [0.15, 0.2) is 0 Å². The Balaban J connectivity index is 1.61. The van der Waals surface area contributed by atoms with Gasteiger partial charge in [-0.2, -0.15) is 0 Å². The molecule has 7 nitrogen and oxygen atoms in total. The third-order valence-electron chi connectivity index (χ3n) is 4.35. The number of nitrogens with one attached hydrogen (secondary N) is 3. The molecule has 0 aromatic heterocycles. The fourth-order valence-electron chi connectivity index (χ4n) is 3.11. The standard InChI is InChI=1S/C12H18N4O3/c17-9(8-1-4-13-7-8)16-5-2-12(3-6-16)10(18)14-11(19)15-12/h8,13H,1-7H2,(H2,14,15,18,19). The highest BCUT2D eigenvalue weighted by Crippen LogP contribution is 2.26. The SMILES string of the molecule is O=C1NC(=O)C2(CCN(C(=O)C3CCNC3)CC2)N1. The van der Waals surface area contributed by atoms with Gasteiger partial charge in [0, 0.05) is 19.6 Å². The molecule has 3 aliphatic rings. The van der Waals surface area contributed by atoms with E-state index in [0.29, 0.717) is 25.9 Å². The molecular formula is C12H18N4O3. The molecule has 4 amide bonds. The summed E-state index contributed by atoms with van der Waals surface area (Å²) in [5.74, 6) is -0.0160. The molecule has 0 aromatic rings. The summed E-state index contributed by atoms with van der Waals surface area (Å²) in [6.07, 6.45) is 1.88. The van der Waals surface area contributed by atoms with Crippen LogP contribution in [0.25, 0.3) is 0 Å². The number of likely N-dealkylation sites (tertiary alicyclic amines) is 1. The van der Waals surface area contributed by atoms with Crippen molar-refractivity contribution in [1.29, 1.82) is 0 Å². The Hall–Kier alpha value is -1.63. The number of carbonyl (C=O) groups is 3. The van der Waals surface area contributed by atoms with E-state index in [1.54, 1.807) is 0 Å². The second-order valence-corrected chi connectivity index (χ2v) is 5.51. The first kappa shape index (κ1) is 12.4. The minimum Gasteiger partial charge on any atom is -0.342 e. The van der Waals surface area contributed by atoms with Crippen LogP contribution in [0, 0.1) is 5.92 Å². The van der Waals surface area contributed by atoms with Gasteiger partial charge in [0.1, 0.15) is 5.54 Å². The van der Waals surface area contributed by atoms with E-state index >= 15 is 0 Å². The average Bonchev–Trinajstić information content (AvgIpc) is 2.99. The van der Waals surface area contributed by atoms with Crippen molar-refractivity contribution in [3.8, 4) is 0 Å². The number of urea groups is 1. The van der Waals surface area contributed by atoms with Gasteiger partial charge in [-0.05, 0) is 25.8 Å². The third-order valence-corrected chi connectivity index (χ3v) is 4.35. The molecule has 7 heteroatoms. The highest BCUT2D eigenvalue weighted by atomic mass is 16.2. The van der Waals surface area contributed by atoms with E-state index in [1.165, 1.54) is 0 Å². The van der Waals surface area contributed by atoms with E-state index in [1.807, 2.05) is 4.90 Å². The van der Waals surface area contributed by atoms with Crippen LogP contribution in [-0.4, -0.2) is 54.5 Å². The lowest BCUT2D eigenvalue weighted by atomic mass is 9.87. The zero-order valence-electron chi connectivity index (χ0n) is 10.7. The van der Waals surface area contributed by atoms with Crippen molar-refractivity contribution in [1.82, 2.24) is 20.9 Å². The Morgan fingerprint density at radius 3 is 2.53 bits per heavy atom. The van der Waals surface area contributed by atoms with Crippen molar-refractivity contribution >= 4 is 17.8 Å². The van der Waals surface area contributed by atoms with Gasteiger partial charge in [-0.25, -0.2) is 4.79 Å². The molecule has 0 saturated carbocycles. The van der Waals surface area contributed by atoms with Crippen molar-refractivity contribution in [2.45, 2.75) is 24.8 Å². The van der Waals surface area contributed by atoms with Gasteiger partial charge < -0.3 is 15.5 Å². The molecule has 3 aliphatic heterocycles. The van der Waals surface area contributed by atoms with Gasteiger partial charge in [0.2, 0.25) is 5.91 Å². The van der Waals surface area contributed by atoms with E-state index in [-0.39, 0.29) is 17.7 Å². The van der Waals surface area contributed by atoms with Gasteiger partial charge in [-0.1, -0.05) is 0 Å². The maximum atomic E-state index is 12.2. The quantitative estimate of drug-likeness (QED) is 0.520. The van der Waals surface area contributed by atoms with Crippen LogP contribution in [0.3, 0.4) is 0 Å². The van der Waals surface area contributed by atoms with Gasteiger partial charge in [-0.15, -0.1) is 0 Å². The van der Waals surface area contributed by atoms with E-state index in [2.05, 4.69) is 16.0 Å². The van der Waals surface area contributed by atoms with Gasteiger partial charge in [0.05, 0.1) is 5.92 Å². The van der Waals surface area contributed by atoms with Crippen LogP contribution >= 0.6 is 0 Å². The lowest BCUT2D eigenvalue weighted by Gasteiger charge is -2.37. The summed E-state index contributed by atoms with van der Waals surface area (Å²) in [6.45, 7) is 2.70. The Labute approximate surface area is 111 Å². The summed E-state index contributed by atoms with van der Waals surface area (Å²) in [5, 5.41) is 8.16. The number of rotatable bonds is 1. The lowest BCUT2D eigenvalue weighted by Crippen LogP contribution is -2.56. The van der Waals surface area contributed by atoms with E-state index in [4.69, 9.17) is 0 Å². The molecule has 19 heavy (non-hydrogen) atoms. The second-order valence-electron chi connectivity index (χ2n) is 5.51. The zero-order chi connectivity index (χ0) is 13.5. The average molecular weight is 266 g/mol. The molecule has 3 saturated heterocycles. The summed E-state index contributed by atoms with van der Waals surface area (Å²) in [7, 11) is 0. The Morgan fingerprint density at radius 2 is 2.00 bits per heavy atom. The van der Waals surface area contributed by atoms with Gasteiger partial charge in [0.25, 0.3) is 5.91 Å². The maximum Gasteiger partial charge on any atom is 0.322 e. The van der Waals surface area contributed by atoms with Crippen LogP contribution in [-0.2, 0) is 9.59 Å². The predicted molar refractivity (Wildman–Crippen MR) is 66.2 cm³/mol. The van der Waals surface area contributed by atoms with Crippen LogP contribution in [0.4, 0.5) is 4.79 Å². The van der Waals surface area contributed by atoms with Crippen LogP contribution in [0.1, 0.15) is 19.3 Å². The molecule has 1 unspecified atom stereocenters. The lowest BCUT2D eigenvalue weighted by molar-refractivity contribution is -0.138. The zero-order valence-corrected chi connectivity index (χ0v) is 10.7. The fourth-order valence-corrected chi connectivity index (χ4v) is 3.11. The number of piperidine rings is 1. The van der Waals surface area contributed by atoms with Crippen LogP contribution < -0.4 is 16.0 Å². The number of carbonyl (C=O) groups excluding carboxylic acids is 3. The number of hydrogen-bond donors (Lipinski definition) is 3. The van der Waals surface area contributed by atoms with Crippen molar-refractivity contribution < 1.29 is 14.4 Å². The molecule has 1 atom stereocenters. The van der Waals surface area contributed by atoms with Gasteiger partial charge in [0.15, 0.2) is 0 Å². The highest BCUT2D eigenvalue weighted by Gasteiger charge is 2.48. The van der Waals surface area contributed by atoms with E-state index in [0.717, 1.165) is 19.5 Å². The van der Waals surface area contributed by atoms with Crippen molar-refractivity contribution in [3.63, 3.8) is 0 Å². The molecule has 0 radical (unpaired) electrons.